The van der Waals surface area contributed by atoms with E-state index in [-0.39, 0.29) is 23.9 Å². The lowest BCUT2D eigenvalue weighted by Gasteiger charge is -2.05. The highest BCUT2D eigenvalue weighted by Crippen LogP contribution is 2.15. The van der Waals surface area contributed by atoms with Gasteiger partial charge < -0.3 is 9.84 Å². The molecule has 0 saturated heterocycles. The van der Waals surface area contributed by atoms with Gasteiger partial charge in [0.05, 0.1) is 12.4 Å². The highest BCUT2D eigenvalue weighted by Gasteiger charge is 2.27. The van der Waals surface area contributed by atoms with Gasteiger partial charge in [-0.2, -0.15) is 13.2 Å². The van der Waals surface area contributed by atoms with Gasteiger partial charge in [0.1, 0.15) is 12.4 Å². The Morgan fingerprint density at radius 3 is 2.83 bits per heavy atom. The molecule has 1 aromatic heterocycles. The van der Waals surface area contributed by atoms with Gasteiger partial charge in [-0.05, 0) is 0 Å². The first-order chi connectivity index (χ1) is 8.37. The first kappa shape index (κ1) is 14.8. The number of carboxylic acid groups (broad SMARTS) is 1. The number of hydrogen-bond acceptors (Lipinski definition) is 5. The molecule has 0 saturated carbocycles. The largest absolute Gasteiger partial charge is 0.481 e. The minimum atomic E-state index is -4.34. The zero-order chi connectivity index (χ0) is 13.6. The molecule has 0 aliphatic heterocycles. The minimum absolute atomic E-state index is 0.141. The van der Waals surface area contributed by atoms with Crippen LogP contribution in [0.4, 0.5) is 13.2 Å². The molecular weight excluding hydrogens is 275 g/mol. The first-order valence-corrected chi connectivity index (χ1v) is 5.76. The number of thioether (sulfide) groups is 1. The molecule has 102 valence electrons. The molecular formula is C8H10F3N3O3S. The predicted octanol–water partition coefficient (Wildman–Crippen LogP) is 1.10. The van der Waals surface area contributed by atoms with Crippen LogP contribution in [-0.4, -0.2) is 51.4 Å². The Morgan fingerprint density at radius 2 is 2.22 bits per heavy atom. The van der Waals surface area contributed by atoms with Crippen molar-refractivity contribution in [2.24, 2.45) is 0 Å². The Labute approximate surface area is 104 Å². The van der Waals surface area contributed by atoms with Gasteiger partial charge in [-0.3, -0.25) is 9.89 Å². The Hall–Kier alpha value is -1.29. The standard InChI is InChI=1S/C8H10F3N3O3S/c9-8(10,11)4-17-2-1-5-12-7(14-13-5)18-3-6(15)16/h1-4H2,(H,15,16)(H,12,13,14). The van der Waals surface area contributed by atoms with Crippen molar-refractivity contribution in [3.8, 4) is 0 Å². The lowest BCUT2D eigenvalue weighted by Crippen LogP contribution is -2.18. The second-order valence-electron chi connectivity index (χ2n) is 3.16. The lowest BCUT2D eigenvalue weighted by molar-refractivity contribution is -0.173. The summed E-state index contributed by atoms with van der Waals surface area (Å²) in [5.41, 5.74) is 0. The Morgan fingerprint density at radius 1 is 1.50 bits per heavy atom. The van der Waals surface area contributed by atoms with E-state index < -0.39 is 18.8 Å². The number of carbonyl (C=O) groups is 1. The van der Waals surface area contributed by atoms with E-state index in [1.54, 1.807) is 0 Å². The summed E-state index contributed by atoms with van der Waals surface area (Å²) in [4.78, 5) is 14.2. The molecule has 0 aliphatic rings. The highest BCUT2D eigenvalue weighted by atomic mass is 32.2. The summed E-state index contributed by atoms with van der Waals surface area (Å²) >= 11 is 0.919. The molecule has 1 heterocycles. The SMILES string of the molecule is O=C(O)CSc1n[nH]c(CCOCC(F)(F)F)n1. The quantitative estimate of drug-likeness (QED) is 0.576. The number of aliphatic carboxylic acids is 1. The smallest absolute Gasteiger partial charge is 0.411 e. The van der Waals surface area contributed by atoms with Gasteiger partial charge in [0, 0.05) is 6.42 Å². The van der Waals surface area contributed by atoms with Crippen molar-refractivity contribution in [3.05, 3.63) is 5.82 Å². The van der Waals surface area contributed by atoms with Crippen molar-refractivity contribution in [2.75, 3.05) is 19.0 Å². The third-order valence-electron chi connectivity index (χ3n) is 1.58. The number of hydrogen-bond donors (Lipinski definition) is 2. The molecule has 1 aromatic rings. The van der Waals surface area contributed by atoms with Crippen molar-refractivity contribution >= 4 is 17.7 Å². The third kappa shape index (κ3) is 6.45. The molecule has 0 fully saturated rings. The summed E-state index contributed by atoms with van der Waals surface area (Å²) in [5, 5.41) is 14.8. The Kier molecular flexibility index (Phi) is 5.41. The average Bonchev–Trinajstić information content (AvgIpc) is 2.68. The van der Waals surface area contributed by atoms with Gasteiger partial charge in [0.2, 0.25) is 5.16 Å². The number of nitrogens with one attached hydrogen (secondary N) is 1. The third-order valence-corrected chi connectivity index (χ3v) is 2.42. The summed E-state index contributed by atoms with van der Waals surface area (Å²) < 4.78 is 39.6. The number of aromatic amines is 1. The van der Waals surface area contributed by atoms with Gasteiger partial charge in [-0.1, -0.05) is 11.8 Å². The van der Waals surface area contributed by atoms with Crippen molar-refractivity contribution < 1.29 is 27.8 Å². The summed E-state index contributed by atoms with van der Waals surface area (Å²) in [6, 6.07) is 0. The monoisotopic (exact) mass is 285 g/mol. The van der Waals surface area contributed by atoms with E-state index in [4.69, 9.17) is 5.11 Å². The number of rotatable bonds is 7. The number of ether oxygens (including phenoxy) is 1. The number of alkyl halides is 3. The van der Waals surface area contributed by atoms with Crippen LogP contribution in [0, 0.1) is 0 Å². The normalized spacial score (nSPS) is 11.7. The number of H-pyrrole nitrogens is 1. The number of aromatic nitrogens is 3. The topological polar surface area (TPSA) is 88.1 Å². The molecule has 0 aromatic carbocycles. The molecule has 1 rings (SSSR count). The van der Waals surface area contributed by atoms with Crippen LogP contribution in [0.1, 0.15) is 5.82 Å². The first-order valence-electron chi connectivity index (χ1n) is 4.77. The van der Waals surface area contributed by atoms with Crippen LogP contribution < -0.4 is 0 Å². The van der Waals surface area contributed by atoms with Gasteiger partial charge in [-0.25, -0.2) is 4.98 Å². The maximum absolute atomic E-state index is 11.7. The molecule has 0 radical (unpaired) electrons. The zero-order valence-corrected chi connectivity index (χ0v) is 9.85. The summed E-state index contributed by atoms with van der Waals surface area (Å²) in [5.74, 6) is -0.827. The molecule has 0 bridgehead atoms. The van der Waals surface area contributed by atoms with Crippen molar-refractivity contribution in [1.29, 1.82) is 0 Å². The fourth-order valence-electron chi connectivity index (χ4n) is 0.937. The van der Waals surface area contributed by atoms with Crippen LogP contribution in [0.2, 0.25) is 0 Å². The molecule has 10 heteroatoms. The van der Waals surface area contributed by atoms with Crippen LogP contribution >= 0.6 is 11.8 Å². The van der Waals surface area contributed by atoms with Gasteiger partial charge in [0.25, 0.3) is 0 Å². The van der Waals surface area contributed by atoms with Gasteiger partial charge >= 0.3 is 12.1 Å². The second-order valence-corrected chi connectivity index (χ2v) is 4.11. The molecule has 6 nitrogen and oxygen atoms in total. The van der Waals surface area contributed by atoms with Crippen LogP contribution in [0.5, 0.6) is 0 Å². The van der Waals surface area contributed by atoms with E-state index in [1.807, 2.05) is 0 Å². The van der Waals surface area contributed by atoms with E-state index in [0.717, 1.165) is 11.8 Å². The van der Waals surface area contributed by atoms with Crippen molar-refractivity contribution in [3.63, 3.8) is 0 Å². The molecule has 0 amide bonds. The van der Waals surface area contributed by atoms with Crippen molar-refractivity contribution in [2.45, 2.75) is 17.8 Å². The summed E-state index contributed by atoms with van der Waals surface area (Å²) in [7, 11) is 0. The number of nitrogens with zero attached hydrogens (tertiary/aromatic N) is 2. The van der Waals surface area contributed by atoms with Crippen LogP contribution in [0.15, 0.2) is 5.16 Å². The van der Waals surface area contributed by atoms with E-state index >= 15 is 0 Å². The fourth-order valence-corrected chi connectivity index (χ4v) is 1.47. The minimum Gasteiger partial charge on any atom is -0.481 e. The van der Waals surface area contributed by atoms with E-state index in [0.29, 0.717) is 5.82 Å². The molecule has 0 unspecified atom stereocenters. The molecule has 0 spiro atoms. The van der Waals surface area contributed by atoms with Gasteiger partial charge in [0.15, 0.2) is 0 Å². The van der Waals surface area contributed by atoms with Crippen LogP contribution in [0.3, 0.4) is 0 Å². The fraction of sp³-hybridized carbons (Fsp3) is 0.625. The molecule has 0 atom stereocenters. The predicted molar refractivity (Wildman–Crippen MR) is 55.3 cm³/mol. The molecule has 2 N–H and O–H groups in total. The van der Waals surface area contributed by atoms with E-state index in [9.17, 15) is 18.0 Å². The average molecular weight is 285 g/mol. The van der Waals surface area contributed by atoms with Crippen LogP contribution in [0.25, 0.3) is 0 Å². The summed E-state index contributed by atoms with van der Waals surface area (Å²) in [6.07, 6.45) is -4.19. The van der Waals surface area contributed by atoms with Crippen LogP contribution in [-0.2, 0) is 16.0 Å². The Balaban J connectivity index is 2.25. The maximum atomic E-state index is 11.7. The van der Waals surface area contributed by atoms with E-state index in [1.165, 1.54) is 0 Å². The van der Waals surface area contributed by atoms with Crippen molar-refractivity contribution in [1.82, 2.24) is 15.2 Å². The second kappa shape index (κ2) is 6.59. The number of halogens is 3. The zero-order valence-electron chi connectivity index (χ0n) is 9.03. The highest BCUT2D eigenvalue weighted by molar-refractivity contribution is 7.99. The summed E-state index contributed by atoms with van der Waals surface area (Å²) in [6.45, 7) is -1.44. The number of carboxylic acids is 1. The Bertz CT molecular complexity index is 396. The lowest BCUT2D eigenvalue weighted by atomic mass is 10.4. The van der Waals surface area contributed by atoms with Gasteiger partial charge in [-0.15, -0.1) is 5.10 Å². The molecule has 0 aliphatic carbocycles. The van der Waals surface area contributed by atoms with E-state index in [2.05, 4.69) is 19.9 Å². The molecule has 18 heavy (non-hydrogen) atoms. The maximum Gasteiger partial charge on any atom is 0.411 e.